The van der Waals surface area contributed by atoms with Gasteiger partial charge in [-0.3, -0.25) is 4.79 Å². The molecular weight excluding hydrogens is 384 g/mol. The van der Waals surface area contributed by atoms with E-state index in [-0.39, 0.29) is 39.0 Å². The van der Waals surface area contributed by atoms with Crippen LogP contribution < -0.4 is 5.73 Å². The molecule has 0 aliphatic carbocycles. The lowest BCUT2D eigenvalue weighted by atomic mass is 10.3. The van der Waals surface area contributed by atoms with Crippen LogP contribution in [0.3, 0.4) is 0 Å². The smallest absolute Gasteiger partial charge is 0.305 e. The maximum absolute atomic E-state index is 12.5. The first-order valence-corrected chi connectivity index (χ1v) is 8.59. The van der Waals surface area contributed by atoms with Crippen molar-refractivity contribution in [3.8, 4) is 0 Å². The molecule has 21 heavy (non-hydrogen) atoms. The summed E-state index contributed by atoms with van der Waals surface area (Å²) >= 11 is 9.01. The van der Waals surface area contributed by atoms with Gasteiger partial charge in [0.05, 0.1) is 16.5 Å². The molecule has 0 aliphatic heterocycles. The topological polar surface area (TPSA) is 89.7 Å². The molecule has 1 aromatic rings. The second-order valence-corrected chi connectivity index (χ2v) is 7.56. The van der Waals surface area contributed by atoms with Crippen LogP contribution in [0, 0.1) is 0 Å². The van der Waals surface area contributed by atoms with Gasteiger partial charge >= 0.3 is 5.97 Å². The van der Waals surface area contributed by atoms with Crippen LogP contribution in [-0.2, 0) is 19.6 Å². The molecule has 0 atom stereocenters. The minimum Gasteiger partial charge on any atom is -0.469 e. The molecule has 118 valence electrons. The highest BCUT2D eigenvalue weighted by Gasteiger charge is 2.25. The molecule has 0 heterocycles. The SMILES string of the molecule is COC(=O)CCCN(C)S(=O)(=O)c1cc(Cl)cc(N)c1Br. The van der Waals surface area contributed by atoms with E-state index in [9.17, 15) is 13.2 Å². The number of hydrogen-bond donors (Lipinski definition) is 1. The Bertz CT molecular complexity index is 636. The first-order valence-electron chi connectivity index (χ1n) is 5.97. The standard InChI is InChI=1S/C12H16BrClN2O4S/c1-16(5-3-4-11(17)20-2)21(18,19)10-7-8(14)6-9(15)12(10)13/h6-7H,3-5,15H2,1-2H3. The summed E-state index contributed by atoms with van der Waals surface area (Å²) < 4.78 is 30.9. The molecule has 9 heteroatoms. The summed E-state index contributed by atoms with van der Waals surface area (Å²) in [6.07, 6.45) is 0.505. The fourth-order valence-corrected chi connectivity index (χ4v) is 4.07. The van der Waals surface area contributed by atoms with Crippen LogP contribution in [0.4, 0.5) is 5.69 Å². The van der Waals surface area contributed by atoms with E-state index in [2.05, 4.69) is 20.7 Å². The average molecular weight is 400 g/mol. The molecule has 0 unspecified atom stereocenters. The van der Waals surface area contributed by atoms with Gasteiger partial charge in [0.2, 0.25) is 10.0 Å². The molecule has 0 saturated heterocycles. The third-order valence-electron chi connectivity index (χ3n) is 2.80. The van der Waals surface area contributed by atoms with Crippen molar-refractivity contribution in [3.05, 3.63) is 21.6 Å². The second kappa shape index (κ2) is 7.44. The summed E-state index contributed by atoms with van der Waals surface area (Å²) in [7, 11) is -1.04. The summed E-state index contributed by atoms with van der Waals surface area (Å²) in [5.74, 6) is -0.381. The Morgan fingerprint density at radius 1 is 1.48 bits per heavy atom. The van der Waals surface area contributed by atoms with Crippen molar-refractivity contribution in [2.75, 3.05) is 26.4 Å². The minimum atomic E-state index is -3.75. The fourth-order valence-electron chi connectivity index (χ4n) is 1.61. The number of carbonyl (C=O) groups is 1. The highest BCUT2D eigenvalue weighted by Crippen LogP contribution is 2.32. The van der Waals surface area contributed by atoms with Gasteiger partial charge in [-0.2, -0.15) is 0 Å². The molecule has 0 bridgehead atoms. The molecule has 2 N–H and O–H groups in total. The Morgan fingerprint density at radius 3 is 2.67 bits per heavy atom. The number of rotatable bonds is 6. The zero-order valence-corrected chi connectivity index (χ0v) is 14.8. The summed E-state index contributed by atoms with van der Waals surface area (Å²) in [4.78, 5) is 11.0. The third kappa shape index (κ3) is 4.57. The maximum atomic E-state index is 12.5. The number of benzene rings is 1. The van der Waals surface area contributed by atoms with Crippen LogP contribution in [0.1, 0.15) is 12.8 Å². The van der Waals surface area contributed by atoms with Crippen molar-refractivity contribution >= 4 is 49.2 Å². The van der Waals surface area contributed by atoms with Gasteiger partial charge in [-0.05, 0) is 34.5 Å². The number of hydrogen-bond acceptors (Lipinski definition) is 5. The average Bonchev–Trinajstić information content (AvgIpc) is 2.42. The normalized spacial score (nSPS) is 11.7. The number of anilines is 1. The molecular formula is C12H16BrClN2O4S. The monoisotopic (exact) mass is 398 g/mol. The van der Waals surface area contributed by atoms with Gasteiger partial charge in [0.25, 0.3) is 0 Å². The van der Waals surface area contributed by atoms with E-state index in [1.165, 1.54) is 26.3 Å². The van der Waals surface area contributed by atoms with Gasteiger partial charge in [-0.25, -0.2) is 12.7 Å². The molecule has 1 aromatic carbocycles. The fraction of sp³-hybridized carbons (Fsp3) is 0.417. The molecule has 6 nitrogen and oxygen atoms in total. The zero-order chi connectivity index (χ0) is 16.2. The minimum absolute atomic E-state index is 0.00642. The van der Waals surface area contributed by atoms with E-state index >= 15 is 0 Å². The first kappa shape index (κ1) is 18.2. The number of methoxy groups -OCH3 is 1. The zero-order valence-electron chi connectivity index (χ0n) is 11.6. The molecule has 0 spiro atoms. The van der Waals surface area contributed by atoms with Crippen LogP contribution in [0.25, 0.3) is 0 Å². The van der Waals surface area contributed by atoms with Crippen LogP contribution in [0.5, 0.6) is 0 Å². The molecule has 0 fully saturated rings. The second-order valence-electron chi connectivity index (χ2n) is 4.31. The summed E-state index contributed by atoms with van der Waals surface area (Å²) in [6, 6.07) is 2.79. The van der Waals surface area contributed by atoms with Gasteiger partial charge in [0.1, 0.15) is 0 Å². The van der Waals surface area contributed by atoms with Crippen molar-refractivity contribution in [3.63, 3.8) is 0 Å². The number of carbonyl (C=O) groups excluding carboxylic acids is 1. The quantitative estimate of drug-likeness (QED) is 0.585. The van der Waals surface area contributed by atoms with Gasteiger partial charge in [0.15, 0.2) is 0 Å². The largest absolute Gasteiger partial charge is 0.469 e. The summed E-state index contributed by atoms with van der Waals surface area (Å²) in [6.45, 7) is 0.177. The highest BCUT2D eigenvalue weighted by atomic mass is 79.9. The van der Waals surface area contributed by atoms with E-state index in [1.807, 2.05) is 0 Å². The third-order valence-corrected chi connectivity index (χ3v) is 6.05. The molecule has 1 rings (SSSR count). The Hall–Kier alpha value is -0.830. The van der Waals surface area contributed by atoms with Crippen molar-refractivity contribution in [2.45, 2.75) is 17.7 Å². The number of sulfonamides is 1. The van der Waals surface area contributed by atoms with Crippen molar-refractivity contribution in [1.82, 2.24) is 4.31 Å². The van der Waals surface area contributed by atoms with E-state index in [0.717, 1.165) is 4.31 Å². The molecule has 0 aliphatic rings. The van der Waals surface area contributed by atoms with Crippen LogP contribution in [-0.4, -0.2) is 39.4 Å². The van der Waals surface area contributed by atoms with Crippen molar-refractivity contribution < 1.29 is 17.9 Å². The van der Waals surface area contributed by atoms with Gasteiger partial charge in [0, 0.05) is 30.7 Å². The van der Waals surface area contributed by atoms with E-state index in [1.54, 1.807) is 0 Å². The number of nitrogens with two attached hydrogens (primary N) is 1. The number of esters is 1. The van der Waals surface area contributed by atoms with Crippen molar-refractivity contribution in [2.24, 2.45) is 0 Å². The lowest BCUT2D eigenvalue weighted by Gasteiger charge is -2.18. The lowest BCUT2D eigenvalue weighted by Crippen LogP contribution is -2.28. The van der Waals surface area contributed by atoms with Crippen LogP contribution in [0.15, 0.2) is 21.5 Å². The first-order chi connectivity index (χ1) is 9.70. The van der Waals surface area contributed by atoms with E-state index in [0.29, 0.717) is 6.42 Å². The van der Waals surface area contributed by atoms with Crippen molar-refractivity contribution in [1.29, 1.82) is 0 Å². The number of nitrogen functional groups attached to an aromatic ring is 1. The Kier molecular flexibility index (Phi) is 6.45. The molecule has 0 saturated carbocycles. The predicted molar refractivity (Wildman–Crippen MR) is 84.6 cm³/mol. The predicted octanol–water partition coefficient (Wildman–Crippen LogP) is 2.26. The molecule has 0 amide bonds. The lowest BCUT2D eigenvalue weighted by molar-refractivity contribution is -0.140. The number of halogens is 2. The van der Waals surface area contributed by atoms with Crippen LogP contribution >= 0.6 is 27.5 Å². The molecule has 0 aromatic heterocycles. The van der Waals surface area contributed by atoms with Gasteiger partial charge in [-0.15, -0.1) is 0 Å². The summed E-state index contributed by atoms with van der Waals surface area (Å²) in [5, 5.41) is 0.234. The maximum Gasteiger partial charge on any atom is 0.305 e. The van der Waals surface area contributed by atoms with E-state index in [4.69, 9.17) is 17.3 Å². The Labute approximate surface area is 137 Å². The van der Waals surface area contributed by atoms with Gasteiger partial charge in [-0.1, -0.05) is 11.6 Å². The van der Waals surface area contributed by atoms with Gasteiger partial charge < -0.3 is 10.5 Å². The summed E-state index contributed by atoms with van der Waals surface area (Å²) in [5.41, 5.74) is 5.94. The number of nitrogens with zero attached hydrogens (tertiary/aromatic N) is 1. The Balaban J connectivity index is 2.93. The molecule has 0 radical (unpaired) electrons. The highest BCUT2D eigenvalue weighted by molar-refractivity contribution is 9.10. The number of ether oxygens (including phenoxy) is 1. The Morgan fingerprint density at radius 2 is 2.10 bits per heavy atom. The van der Waals surface area contributed by atoms with E-state index < -0.39 is 10.0 Å². The van der Waals surface area contributed by atoms with Crippen LogP contribution in [0.2, 0.25) is 5.02 Å².